The van der Waals surface area contributed by atoms with Gasteiger partial charge in [-0.25, -0.2) is 0 Å². The highest BCUT2D eigenvalue weighted by atomic mass is 32.2. The van der Waals surface area contributed by atoms with Gasteiger partial charge in [0.15, 0.2) is 12.4 Å². The largest absolute Gasteiger partial charge is 0.456 e. The van der Waals surface area contributed by atoms with Gasteiger partial charge in [-0.3, -0.25) is 4.79 Å². The molecule has 0 radical (unpaired) electrons. The van der Waals surface area contributed by atoms with Crippen molar-refractivity contribution in [3.8, 4) is 0 Å². The van der Waals surface area contributed by atoms with Gasteiger partial charge in [-0.05, 0) is 16.7 Å². The molecular weight excluding hydrogens is 661 g/mol. The maximum Gasteiger partial charge on any atom is 0.251 e. The summed E-state index contributed by atoms with van der Waals surface area (Å²) in [7, 11) is 1.59. The van der Waals surface area contributed by atoms with Crippen molar-refractivity contribution in [1.82, 2.24) is 0 Å². The Labute approximate surface area is 303 Å². The highest BCUT2D eigenvalue weighted by molar-refractivity contribution is 8.04. The lowest BCUT2D eigenvalue weighted by Crippen LogP contribution is -2.69. The van der Waals surface area contributed by atoms with Gasteiger partial charge in [0.05, 0.1) is 30.5 Å². The predicted octanol–water partition coefficient (Wildman–Crippen LogP) is 8.46. The smallest absolute Gasteiger partial charge is 0.251 e. The summed E-state index contributed by atoms with van der Waals surface area (Å²) >= 11 is 1.39. The second-order valence-electron chi connectivity index (χ2n) is 12.4. The van der Waals surface area contributed by atoms with E-state index in [9.17, 15) is 4.79 Å². The standard InChI is InChI=1S/C43H40O7S/c1-45-42-39(47-28-32-19-9-3-10-20-32)38(46-27-31-17-7-2-8-18-31)41(48-29-33-21-11-4-12-22-33)43(50-42)30-51-40(36(44)34-23-13-5-14-24-34)37(49-43)35-25-15-6-16-26-35/h2-26,38-39,41-42H,27-30H2,1H3/t38-,39-,41+,42+,43+/m1/s1. The summed E-state index contributed by atoms with van der Waals surface area (Å²) in [5.74, 6) is -0.919. The summed E-state index contributed by atoms with van der Waals surface area (Å²) in [4.78, 5) is 14.6. The third-order valence-corrected chi connectivity index (χ3v) is 10.1. The van der Waals surface area contributed by atoms with Gasteiger partial charge in [0.2, 0.25) is 5.78 Å². The third-order valence-electron chi connectivity index (χ3n) is 8.89. The Hall–Kier alpha value is -4.54. The first-order valence-corrected chi connectivity index (χ1v) is 18.0. The molecule has 0 amide bonds. The van der Waals surface area contributed by atoms with Crippen molar-refractivity contribution < 1.29 is 33.2 Å². The molecule has 7 rings (SSSR count). The van der Waals surface area contributed by atoms with E-state index < -0.39 is 30.4 Å². The first-order chi connectivity index (χ1) is 25.1. The van der Waals surface area contributed by atoms with Gasteiger partial charge in [-0.15, -0.1) is 11.8 Å². The van der Waals surface area contributed by atoms with Crippen molar-refractivity contribution in [1.29, 1.82) is 0 Å². The van der Waals surface area contributed by atoms with Crippen LogP contribution in [0.4, 0.5) is 0 Å². The third kappa shape index (κ3) is 8.18. The second kappa shape index (κ2) is 16.7. The zero-order chi connectivity index (χ0) is 34.9. The first-order valence-electron chi connectivity index (χ1n) is 17.0. The van der Waals surface area contributed by atoms with E-state index in [1.54, 1.807) is 7.11 Å². The van der Waals surface area contributed by atoms with Gasteiger partial charge in [0.1, 0.15) is 18.0 Å². The van der Waals surface area contributed by atoms with Crippen LogP contribution < -0.4 is 0 Å². The zero-order valence-corrected chi connectivity index (χ0v) is 29.2. The van der Waals surface area contributed by atoms with Gasteiger partial charge in [-0.1, -0.05) is 152 Å². The number of methoxy groups -OCH3 is 1. The molecule has 5 atom stereocenters. The number of hydrogen-bond donors (Lipinski definition) is 0. The van der Waals surface area contributed by atoms with E-state index in [-0.39, 0.29) is 18.1 Å². The first kappa shape index (κ1) is 34.9. The number of benzene rings is 5. The number of carbonyl (C=O) groups is 1. The van der Waals surface area contributed by atoms with E-state index in [0.717, 1.165) is 22.3 Å². The average molecular weight is 701 g/mol. The molecule has 0 aliphatic carbocycles. The quantitative estimate of drug-likeness (QED) is 0.113. The number of rotatable bonds is 13. The molecule has 2 heterocycles. The van der Waals surface area contributed by atoms with Crippen LogP contribution in [0, 0.1) is 0 Å². The van der Waals surface area contributed by atoms with E-state index in [1.165, 1.54) is 11.8 Å². The minimum atomic E-state index is -1.43. The molecule has 5 aromatic rings. The molecule has 0 aromatic heterocycles. The summed E-state index contributed by atoms with van der Waals surface area (Å²) in [6.45, 7) is 0.860. The van der Waals surface area contributed by atoms with E-state index in [1.807, 2.05) is 152 Å². The van der Waals surface area contributed by atoms with E-state index in [2.05, 4.69) is 0 Å². The minimum absolute atomic E-state index is 0.129. The molecule has 1 fully saturated rings. The Morgan fingerprint density at radius 2 is 1.12 bits per heavy atom. The normalized spacial score (nSPS) is 23.2. The Balaban J connectivity index is 1.31. The average Bonchev–Trinajstić information content (AvgIpc) is 3.20. The number of Topliss-reactive ketones (excluding diaryl/α,β-unsaturated/α-hetero) is 1. The van der Waals surface area contributed by atoms with Gasteiger partial charge >= 0.3 is 0 Å². The minimum Gasteiger partial charge on any atom is -0.456 e. The summed E-state index contributed by atoms with van der Waals surface area (Å²) in [5.41, 5.74) is 4.29. The highest BCUT2D eigenvalue weighted by Gasteiger charge is 2.61. The van der Waals surface area contributed by atoms with Crippen LogP contribution >= 0.6 is 11.8 Å². The molecule has 1 spiro atoms. The lowest BCUT2D eigenvalue weighted by atomic mass is 9.94. The monoisotopic (exact) mass is 700 g/mol. The Morgan fingerprint density at radius 1 is 0.647 bits per heavy atom. The fourth-order valence-electron chi connectivity index (χ4n) is 6.32. The summed E-state index contributed by atoms with van der Waals surface area (Å²) in [5, 5.41) is 0. The lowest BCUT2D eigenvalue weighted by molar-refractivity contribution is -0.393. The van der Waals surface area contributed by atoms with Gasteiger partial charge in [0, 0.05) is 18.2 Å². The molecule has 51 heavy (non-hydrogen) atoms. The Morgan fingerprint density at radius 3 is 1.65 bits per heavy atom. The number of ether oxygens (including phenoxy) is 6. The van der Waals surface area contributed by atoms with Crippen molar-refractivity contribution in [3.63, 3.8) is 0 Å². The van der Waals surface area contributed by atoms with Crippen LogP contribution in [0.25, 0.3) is 5.76 Å². The number of allylic oxidation sites excluding steroid dienone is 1. The summed E-state index contributed by atoms with van der Waals surface area (Å²) in [6.07, 6.45) is -3.11. The summed E-state index contributed by atoms with van der Waals surface area (Å²) in [6, 6.07) is 48.8. The number of ketones is 1. The molecule has 2 aliphatic rings. The molecule has 1 saturated heterocycles. The lowest BCUT2D eigenvalue weighted by Gasteiger charge is -2.52. The molecule has 0 bridgehead atoms. The fourth-order valence-corrected chi connectivity index (χ4v) is 7.49. The Bertz CT molecular complexity index is 1870. The van der Waals surface area contributed by atoms with Gasteiger partial charge < -0.3 is 28.4 Å². The van der Waals surface area contributed by atoms with Crippen molar-refractivity contribution in [3.05, 3.63) is 184 Å². The number of thioether (sulfide) groups is 1. The Kier molecular flexibility index (Phi) is 11.4. The van der Waals surface area contributed by atoms with Crippen LogP contribution in [-0.2, 0) is 48.2 Å². The van der Waals surface area contributed by atoms with Crippen LogP contribution in [-0.4, -0.2) is 49.0 Å². The van der Waals surface area contributed by atoms with Crippen molar-refractivity contribution in [2.24, 2.45) is 0 Å². The molecule has 8 heteroatoms. The van der Waals surface area contributed by atoms with Crippen LogP contribution in [0.1, 0.15) is 32.6 Å². The van der Waals surface area contributed by atoms with E-state index >= 15 is 0 Å². The topological polar surface area (TPSA) is 72.5 Å². The molecule has 260 valence electrons. The maximum atomic E-state index is 14.1. The van der Waals surface area contributed by atoms with E-state index in [4.69, 9.17) is 28.4 Å². The fraction of sp³-hybridized carbons (Fsp3) is 0.233. The molecule has 5 aromatic carbocycles. The van der Waals surface area contributed by atoms with Crippen molar-refractivity contribution in [2.45, 2.75) is 50.2 Å². The summed E-state index contributed by atoms with van der Waals surface area (Å²) < 4.78 is 40.3. The maximum absolute atomic E-state index is 14.1. The SMILES string of the molecule is CO[C@H]1O[C@@]2(CSC(C(=O)c3ccccc3)=C(c3ccccc3)O2)[C@@H](OCc2ccccc2)[C@H](OCc2ccccc2)[C@H]1OCc1ccccc1. The molecular formula is C43H40O7S. The zero-order valence-electron chi connectivity index (χ0n) is 28.3. The van der Waals surface area contributed by atoms with Crippen LogP contribution in [0.5, 0.6) is 0 Å². The van der Waals surface area contributed by atoms with Crippen LogP contribution in [0.3, 0.4) is 0 Å². The van der Waals surface area contributed by atoms with Gasteiger partial charge in [-0.2, -0.15) is 0 Å². The molecule has 0 saturated carbocycles. The molecule has 0 unspecified atom stereocenters. The second-order valence-corrected chi connectivity index (χ2v) is 13.4. The highest BCUT2D eigenvalue weighted by Crippen LogP contribution is 2.48. The number of hydrogen-bond acceptors (Lipinski definition) is 8. The van der Waals surface area contributed by atoms with Crippen LogP contribution in [0.2, 0.25) is 0 Å². The van der Waals surface area contributed by atoms with Crippen molar-refractivity contribution in [2.75, 3.05) is 12.9 Å². The molecule has 0 N–H and O–H groups in total. The van der Waals surface area contributed by atoms with Crippen molar-refractivity contribution >= 4 is 23.3 Å². The van der Waals surface area contributed by atoms with Gasteiger partial charge in [0.25, 0.3) is 5.79 Å². The van der Waals surface area contributed by atoms with E-state index in [0.29, 0.717) is 29.4 Å². The van der Waals surface area contributed by atoms with Crippen LogP contribution in [0.15, 0.2) is 157 Å². The molecule has 2 aliphatic heterocycles. The predicted molar refractivity (Wildman–Crippen MR) is 197 cm³/mol. The number of carbonyl (C=O) groups excluding carboxylic acids is 1. The molecule has 7 nitrogen and oxygen atoms in total.